The van der Waals surface area contributed by atoms with E-state index in [1.165, 1.54) is 31.8 Å². The standard InChI is InChI=1S/2C18H15P.C8H8N2.C7H6N2.C6H8N2.C5H10Si.CH4O.2ClH.Cu.HI.Pd/c2*1-4-10-16(11-5-1)19(17-12-6-2-7-13-17)18-14-8-3-9-15-18;1-2-3-7-4-5-8(9)10-6-7;1-2-6-3-4-7(8)9-5-6;1-5-2-3-6(7)8-4-5;1-5-6(2,3)4;1-2;;;;;/h2*1-15H;4-6H,1H3,(H2,9,10);1,3-5H,(H2,8,9);2-4H,1H3,(H2,7,8);1H,2-4H3;2H,1H3;2*1H;;1H;/q;;;;;;;;;+1;;+2/p-3. The molecule has 0 aliphatic heterocycles. The molecular weight excluding hydrogens is 1310 g/mol. The number of nitrogens with two attached hydrogens (primary N) is 3. The molecule has 7 N–H and O–H groups in total. The molecule has 0 bridgehead atoms. The second kappa shape index (κ2) is 44.3. The molecule has 0 spiro atoms. The van der Waals surface area contributed by atoms with Crippen LogP contribution in [0.2, 0.25) is 19.6 Å². The summed E-state index contributed by atoms with van der Waals surface area (Å²) in [5, 5.41) is 15.4. The zero-order valence-corrected chi connectivity index (χ0v) is 53.3. The normalized spacial score (nSPS) is 9.33. The molecule has 0 radical (unpaired) electrons. The van der Waals surface area contributed by atoms with Crippen molar-refractivity contribution in [2.75, 3.05) is 24.3 Å². The van der Waals surface area contributed by atoms with E-state index in [-0.39, 0.29) is 15.9 Å². The van der Waals surface area contributed by atoms with Crippen LogP contribution in [0.1, 0.15) is 23.6 Å². The summed E-state index contributed by atoms with van der Waals surface area (Å²) < 4.78 is 0. The molecular formula is C63H66Cl2CuIN6OP2PdSi. The van der Waals surface area contributed by atoms with Crippen molar-refractivity contribution in [3.8, 4) is 36.2 Å². The maximum atomic E-state index is 7.00. The van der Waals surface area contributed by atoms with Crippen LogP contribution in [-0.4, -0.2) is 35.2 Å². The number of aliphatic hydroxyl groups excluding tert-OH is 1. The van der Waals surface area contributed by atoms with Gasteiger partial charge in [0.1, 0.15) is 25.5 Å². The Morgan fingerprint density at radius 2 is 0.718 bits per heavy atom. The smallest absolute Gasteiger partial charge is 0.0134 e. The first-order valence-electron chi connectivity index (χ1n) is 23.6. The van der Waals surface area contributed by atoms with Crippen LogP contribution in [0.5, 0.6) is 0 Å². The monoisotopic (exact) mass is 1380 g/mol. The average Bonchev–Trinajstić information content (AvgIpc) is 3.48. The molecule has 0 atom stereocenters. The van der Waals surface area contributed by atoms with Gasteiger partial charge in [-0.25, -0.2) is 15.0 Å². The number of rotatable bonds is 6. The van der Waals surface area contributed by atoms with Crippen molar-refractivity contribution in [3.05, 3.63) is 254 Å². The van der Waals surface area contributed by atoms with Gasteiger partial charge in [0.15, 0.2) is 0 Å². The predicted octanol–water partition coefficient (Wildman–Crippen LogP) is 12.9. The Hall–Kier alpha value is -5.62. The summed E-state index contributed by atoms with van der Waals surface area (Å²) in [6.07, 6.45) is 15.2. The summed E-state index contributed by atoms with van der Waals surface area (Å²) in [6, 6.07) is 75.4. The third-order valence-electron chi connectivity index (χ3n) is 9.46. The molecule has 7 nitrogen and oxygen atoms in total. The van der Waals surface area contributed by atoms with Gasteiger partial charge in [-0.3, -0.25) is 0 Å². The summed E-state index contributed by atoms with van der Waals surface area (Å²) in [7, 11) is 8.63. The van der Waals surface area contributed by atoms with Gasteiger partial charge in [-0.2, -0.15) is 0 Å². The molecule has 0 unspecified atom stereocenters. The first-order chi connectivity index (χ1) is 37.8. The molecule has 410 valence electrons. The SMILES string of the molecule is C#C[Si](C)(C)C.C#Cc1ccc(N)nc1.CC#Cc1ccc(N)nc1.CO.Cc1ccc(N)nc1.[Cl][Pd][Cl].[Cu][I].c1ccc(P(c2ccccc2)c2ccccc2)cc1.c1ccc(P(c2ccccc2)c2ccccc2)cc1. The number of hydrogen-bond donors (Lipinski definition) is 4. The van der Waals surface area contributed by atoms with Gasteiger partial charge in [0, 0.05) is 36.8 Å². The van der Waals surface area contributed by atoms with Gasteiger partial charge in [0.2, 0.25) is 0 Å². The minimum absolute atomic E-state index is 0.106. The molecule has 0 aliphatic rings. The molecule has 0 saturated carbocycles. The second-order valence-corrected chi connectivity index (χ2v) is 27.9. The van der Waals surface area contributed by atoms with Crippen LogP contribution in [0, 0.1) is 43.1 Å². The molecule has 0 aliphatic carbocycles. The third kappa shape index (κ3) is 31.1. The van der Waals surface area contributed by atoms with Crippen LogP contribution >= 0.6 is 55.2 Å². The van der Waals surface area contributed by atoms with E-state index < -0.39 is 23.9 Å². The summed E-state index contributed by atoms with van der Waals surface area (Å²) in [6.45, 7) is 10.2. The fourth-order valence-electron chi connectivity index (χ4n) is 5.95. The summed E-state index contributed by atoms with van der Waals surface area (Å²) in [5.41, 5.74) is 21.5. The van der Waals surface area contributed by atoms with Gasteiger partial charge < -0.3 is 22.3 Å². The maximum Gasteiger partial charge on any atom is -0.0134 e. The maximum absolute atomic E-state index is 7.00. The molecule has 0 saturated heterocycles. The zero-order valence-electron chi connectivity index (χ0n) is 44.3. The van der Waals surface area contributed by atoms with Gasteiger partial charge in [-0.15, -0.1) is 24.3 Å². The molecule has 6 aromatic carbocycles. The van der Waals surface area contributed by atoms with Crippen LogP contribution in [0.3, 0.4) is 0 Å². The Morgan fingerprint density at radius 3 is 0.897 bits per heavy atom. The Labute approximate surface area is 504 Å². The van der Waals surface area contributed by atoms with E-state index in [4.69, 9.17) is 54.2 Å². The van der Waals surface area contributed by atoms with Crippen LogP contribution < -0.4 is 49.0 Å². The van der Waals surface area contributed by atoms with Gasteiger partial charge in [0.05, 0.1) is 0 Å². The molecule has 78 heavy (non-hydrogen) atoms. The van der Waals surface area contributed by atoms with Gasteiger partial charge >= 0.3 is 68.1 Å². The average molecular weight is 1380 g/mol. The van der Waals surface area contributed by atoms with E-state index in [0.717, 1.165) is 23.8 Å². The number of aromatic nitrogens is 3. The van der Waals surface area contributed by atoms with E-state index >= 15 is 0 Å². The van der Waals surface area contributed by atoms with Crippen molar-refractivity contribution in [2.45, 2.75) is 33.5 Å². The molecule has 9 aromatic rings. The fraction of sp³-hybridized carbons (Fsp3) is 0.0952. The number of aryl methyl sites for hydroxylation is 1. The second-order valence-electron chi connectivity index (χ2n) is 16.3. The molecule has 3 aromatic heterocycles. The number of halogens is 3. The Bertz CT molecular complexity index is 2720. The first kappa shape index (κ1) is 70.4. The summed E-state index contributed by atoms with van der Waals surface area (Å²) in [4.78, 5) is 11.5. The molecule has 0 fully saturated rings. The van der Waals surface area contributed by atoms with Crippen LogP contribution in [0.25, 0.3) is 0 Å². The van der Waals surface area contributed by atoms with Crippen molar-refractivity contribution >= 4 is 113 Å². The van der Waals surface area contributed by atoms with Crippen molar-refractivity contribution < 1.29 is 33.8 Å². The van der Waals surface area contributed by atoms with Crippen molar-refractivity contribution in [2.24, 2.45) is 0 Å². The van der Waals surface area contributed by atoms with E-state index in [2.05, 4.69) is 253 Å². The van der Waals surface area contributed by atoms with Gasteiger partial charge in [0.25, 0.3) is 0 Å². The predicted molar refractivity (Wildman–Crippen MR) is 348 cm³/mol. The molecule has 15 heteroatoms. The van der Waals surface area contributed by atoms with Gasteiger partial charge in [-0.1, -0.05) is 220 Å². The Kier molecular flexibility index (Phi) is 39.9. The number of aliphatic hydroxyl groups is 1. The summed E-state index contributed by atoms with van der Waals surface area (Å²) >= 11 is 5.76. The fourth-order valence-corrected chi connectivity index (χ4v) is 10.6. The number of terminal acetylenes is 2. The number of hydrogen-bond acceptors (Lipinski definition) is 7. The number of benzene rings is 6. The minimum atomic E-state index is -1.10. The minimum Gasteiger partial charge on any atom is -0.0622 e. The topological polar surface area (TPSA) is 137 Å². The Balaban J connectivity index is 0.000000478. The summed E-state index contributed by atoms with van der Waals surface area (Å²) in [5.74, 6) is 9.68. The van der Waals surface area contributed by atoms with Gasteiger partial charge in [-0.05, 0) is 97.4 Å². The van der Waals surface area contributed by atoms with Crippen LogP contribution in [-0.2, 0) is 28.7 Å². The number of anilines is 3. The van der Waals surface area contributed by atoms with E-state index in [0.29, 0.717) is 17.5 Å². The largest absolute Gasteiger partial charge is 0.0622 e. The number of nitrogens with zero attached hydrogens (tertiary/aromatic N) is 3. The number of pyridine rings is 3. The van der Waals surface area contributed by atoms with E-state index in [9.17, 15) is 0 Å². The van der Waals surface area contributed by atoms with Crippen molar-refractivity contribution in [1.82, 2.24) is 15.0 Å². The Morgan fingerprint density at radius 1 is 0.474 bits per heavy atom. The molecule has 9 rings (SSSR count). The number of nitrogen functional groups attached to an aromatic ring is 3. The van der Waals surface area contributed by atoms with Crippen molar-refractivity contribution in [1.29, 1.82) is 0 Å². The molecule has 0 amide bonds. The van der Waals surface area contributed by atoms with Crippen LogP contribution in [0.4, 0.5) is 17.5 Å². The van der Waals surface area contributed by atoms with E-state index in [1.807, 2.05) is 19.1 Å². The zero-order chi connectivity index (χ0) is 57.8. The first-order valence-corrected chi connectivity index (χ1v) is 36.8. The third-order valence-corrected chi connectivity index (χ3v) is 15.2. The van der Waals surface area contributed by atoms with Crippen LogP contribution in [0.15, 0.2) is 237 Å². The van der Waals surface area contributed by atoms with Crippen molar-refractivity contribution in [3.63, 3.8) is 0 Å². The molecule has 3 heterocycles. The quantitative estimate of drug-likeness (QED) is 0.0563. The van der Waals surface area contributed by atoms with E-state index in [1.54, 1.807) is 70.1 Å².